The van der Waals surface area contributed by atoms with E-state index in [-0.39, 0.29) is 18.1 Å². The molecule has 0 saturated carbocycles. The molecule has 3 aromatic rings. The molecule has 0 unspecified atom stereocenters. The van der Waals surface area contributed by atoms with Crippen molar-refractivity contribution in [1.29, 1.82) is 0 Å². The number of imidazole rings is 1. The number of rotatable bonds is 5. The highest BCUT2D eigenvalue weighted by Gasteiger charge is 2.44. The maximum atomic E-state index is 13.4. The highest BCUT2D eigenvalue weighted by Crippen LogP contribution is 2.36. The predicted molar refractivity (Wildman–Crippen MR) is 110 cm³/mol. The Morgan fingerprint density at radius 1 is 1.03 bits per heavy atom. The summed E-state index contributed by atoms with van der Waals surface area (Å²) in [6.07, 6.45) is 2.79. The van der Waals surface area contributed by atoms with Gasteiger partial charge in [0, 0.05) is 37.9 Å². The van der Waals surface area contributed by atoms with Crippen molar-refractivity contribution < 1.29 is 22.0 Å². The fourth-order valence-electron chi connectivity index (χ4n) is 3.70. The van der Waals surface area contributed by atoms with Crippen molar-refractivity contribution in [1.82, 2.24) is 13.9 Å². The molecule has 2 atom stereocenters. The minimum atomic E-state index is -3.91. The molecule has 1 fully saturated rings. The quantitative estimate of drug-likeness (QED) is 0.653. The molecule has 2 heterocycles. The fraction of sp³-hybridized carbons (Fsp3) is 0.238. The Morgan fingerprint density at radius 3 is 2.23 bits per heavy atom. The van der Waals surface area contributed by atoms with Gasteiger partial charge < -0.3 is 9.88 Å². The zero-order valence-electron chi connectivity index (χ0n) is 16.6. The van der Waals surface area contributed by atoms with Crippen LogP contribution in [0.3, 0.4) is 0 Å². The van der Waals surface area contributed by atoms with Crippen LogP contribution in [0.15, 0.2) is 66.1 Å². The Labute approximate surface area is 178 Å². The van der Waals surface area contributed by atoms with E-state index in [4.69, 9.17) is 0 Å². The molecular weight excluding hydrogens is 426 g/mol. The summed E-state index contributed by atoms with van der Waals surface area (Å²) < 4.78 is 55.4. The molecule has 0 bridgehead atoms. The number of amides is 1. The van der Waals surface area contributed by atoms with E-state index in [0.717, 1.165) is 0 Å². The molecule has 1 aromatic heterocycles. The van der Waals surface area contributed by atoms with E-state index >= 15 is 0 Å². The van der Waals surface area contributed by atoms with Gasteiger partial charge >= 0.3 is 0 Å². The molecule has 10 heteroatoms. The second-order valence-electron chi connectivity index (χ2n) is 7.46. The molecule has 1 aliphatic heterocycles. The summed E-state index contributed by atoms with van der Waals surface area (Å²) in [4.78, 5) is 17.0. The van der Waals surface area contributed by atoms with E-state index in [1.54, 1.807) is 19.2 Å². The lowest BCUT2D eigenvalue weighted by Gasteiger charge is -2.18. The summed E-state index contributed by atoms with van der Waals surface area (Å²) in [5.74, 6) is -2.48. The molecule has 31 heavy (non-hydrogen) atoms. The van der Waals surface area contributed by atoms with Gasteiger partial charge in [-0.3, -0.25) is 4.79 Å². The van der Waals surface area contributed by atoms with Crippen LogP contribution in [0.4, 0.5) is 14.5 Å². The van der Waals surface area contributed by atoms with Gasteiger partial charge in [-0.1, -0.05) is 12.1 Å². The molecule has 4 rings (SSSR count). The SMILES string of the molecule is Cn1cnc(S(=O)(=O)N2C[C@H](C(=O)Nc3ccc(F)cc3)[C@@H](c3ccc(F)cc3)C2)c1. The number of carbonyl (C=O) groups excluding carboxylic acids is 1. The van der Waals surface area contributed by atoms with Gasteiger partial charge in [0.05, 0.1) is 12.2 Å². The standard InChI is InChI=1S/C21H20F2N4O3S/c1-26-12-20(24-13-26)31(29,30)27-10-18(14-2-4-15(22)5-3-14)19(11-27)21(28)25-17-8-6-16(23)7-9-17/h2-9,12-13,18-19H,10-11H2,1H3,(H,25,28)/t18-,19+/m1/s1. The van der Waals surface area contributed by atoms with Crippen molar-refractivity contribution >= 4 is 21.6 Å². The average molecular weight is 446 g/mol. The second-order valence-corrected chi connectivity index (χ2v) is 9.34. The summed E-state index contributed by atoms with van der Waals surface area (Å²) in [5, 5.41) is 2.61. The zero-order valence-corrected chi connectivity index (χ0v) is 17.4. The van der Waals surface area contributed by atoms with Crippen LogP contribution in [0.2, 0.25) is 0 Å². The molecule has 1 aliphatic rings. The van der Waals surface area contributed by atoms with Gasteiger partial charge in [-0.25, -0.2) is 22.2 Å². The average Bonchev–Trinajstić information content (AvgIpc) is 3.38. The monoisotopic (exact) mass is 446 g/mol. The third kappa shape index (κ3) is 4.35. The number of sulfonamides is 1. The molecule has 162 valence electrons. The van der Waals surface area contributed by atoms with Crippen LogP contribution < -0.4 is 5.32 Å². The Hall–Kier alpha value is -3.11. The van der Waals surface area contributed by atoms with Gasteiger partial charge in [-0.2, -0.15) is 4.31 Å². The number of hydrogen-bond acceptors (Lipinski definition) is 4. The lowest BCUT2D eigenvalue weighted by Crippen LogP contribution is -2.32. The largest absolute Gasteiger partial charge is 0.339 e. The van der Waals surface area contributed by atoms with E-state index in [0.29, 0.717) is 11.3 Å². The van der Waals surface area contributed by atoms with E-state index in [2.05, 4.69) is 10.3 Å². The Balaban J connectivity index is 1.64. The normalized spacial score (nSPS) is 19.5. The van der Waals surface area contributed by atoms with Gasteiger partial charge in [0.15, 0.2) is 5.03 Å². The van der Waals surface area contributed by atoms with Crippen LogP contribution in [0, 0.1) is 17.6 Å². The van der Waals surface area contributed by atoms with Crippen LogP contribution in [0.5, 0.6) is 0 Å². The minimum absolute atomic E-state index is 0.0477. The van der Waals surface area contributed by atoms with E-state index in [1.807, 2.05) is 0 Å². The number of aryl methyl sites for hydroxylation is 1. The Morgan fingerprint density at radius 2 is 1.65 bits per heavy atom. The van der Waals surface area contributed by atoms with Gasteiger partial charge in [-0.15, -0.1) is 0 Å². The van der Waals surface area contributed by atoms with E-state index < -0.39 is 39.4 Å². The number of aromatic nitrogens is 2. The van der Waals surface area contributed by atoms with Crippen molar-refractivity contribution in [3.05, 3.63) is 78.3 Å². The van der Waals surface area contributed by atoms with Crippen molar-refractivity contribution in [2.75, 3.05) is 18.4 Å². The first kappa shape index (κ1) is 21.1. The molecular formula is C21H20F2N4O3S. The molecule has 1 saturated heterocycles. The fourth-order valence-corrected chi connectivity index (χ4v) is 5.16. The minimum Gasteiger partial charge on any atom is -0.339 e. The molecule has 0 radical (unpaired) electrons. The van der Waals surface area contributed by atoms with Crippen molar-refractivity contribution in [3.8, 4) is 0 Å². The highest BCUT2D eigenvalue weighted by molar-refractivity contribution is 7.89. The van der Waals surface area contributed by atoms with Crippen molar-refractivity contribution in [2.45, 2.75) is 10.9 Å². The number of halogens is 2. The molecule has 0 spiro atoms. The number of nitrogens with one attached hydrogen (secondary N) is 1. The van der Waals surface area contributed by atoms with Crippen LogP contribution in [0.25, 0.3) is 0 Å². The number of nitrogens with zero attached hydrogens (tertiary/aromatic N) is 3. The summed E-state index contributed by atoms with van der Waals surface area (Å²) in [7, 11) is -2.25. The summed E-state index contributed by atoms with van der Waals surface area (Å²) in [5.41, 5.74) is 1.05. The zero-order chi connectivity index (χ0) is 22.2. The van der Waals surface area contributed by atoms with Crippen LogP contribution >= 0.6 is 0 Å². The Bertz CT molecular complexity index is 1190. The smallest absolute Gasteiger partial charge is 0.262 e. The lowest BCUT2D eigenvalue weighted by molar-refractivity contribution is -0.119. The third-order valence-corrected chi connectivity index (χ3v) is 7.04. The summed E-state index contributed by atoms with van der Waals surface area (Å²) in [6, 6.07) is 11.0. The van der Waals surface area contributed by atoms with Crippen molar-refractivity contribution in [2.24, 2.45) is 13.0 Å². The number of anilines is 1. The van der Waals surface area contributed by atoms with Crippen LogP contribution in [-0.4, -0.2) is 41.3 Å². The third-order valence-electron chi connectivity index (χ3n) is 5.32. The van der Waals surface area contributed by atoms with Gasteiger partial charge in [0.25, 0.3) is 10.0 Å². The maximum absolute atomic E-state index is 13.4. The second kappa shape index (κ2) is 8.20. The highest BCUT2D eigenvalue weighted by atomic mass is 32.2. The molecule has 7 nitrogen and oxygen atoms in total. The first-order chi connectivity index (χ1) is 14.7. The van der Waals surface area contributed by atoms with Gasteiger partial charge in [-0.05, 0) is 42.0 Å². The maximum Gasteiger partial charge on any atom is 0.262 e. The van der Waals surface area contributed by atoms with E-state index in [9.17, 15) is 22.0 Å². The molecule has 0 aliphatic carbocycles. The van der Waals surface area contributed by atoms with Gasteiger partial charge in [0.2, 0.25) is 5.91 Å². The first-order valence-electron chi connectivity index (χ1n) is 9.54. The molecule has 1 N–H and O–H groups in total. The van der Waals surface area contributed by atoms with E-state index in [1.165, 1.54) is 57.8 Å². The van der Waals surface area contributed by atoms with Crippen molar-refractivity contribution in [3.63, 3.8) is 0 Å². The molecule has 1 amide bonds. The van der Waals surface area contributed by atoms with Gasteiger partial charge in [0.1, 0.15) is 11.6 Å². The number of carbonyl (C=O) groups is 1. The number of hydrogen-bond donors (Lipinski definition) is 1. The number of benzene rings is 2. The molecule has 2 aromatic carbocycles. The van der Waals surface area contributed by atoms with Crippen LogP contribution in [-0.2, 0) is 21.9 Å². The lowest BCUT2D eigenvalue weighted by atomic mass is 9.88. The topological polar surface area (TPSA) is 84.3 Å². The summed E-state index contributed by atoms with van der Waals surface area (Å²) in [6.45, 7) is -0.0139. The first-order valence-corrected chi connectivity index (χ1v) is 11.0. The predicted octanol–water partition coefficient (Wildman–Crippen LogP) is 2.74. The Kier molecular flexibility index (Phi) is 5.59. The summed E-state index contributed by atoms with van der Waals surface area (Å²) >= 11 is 0. The van der Waals surface area contributed by atoms with Crippen LogP contribution in [0.1, 0.15) is 11.5 Å².